The Balaban J connectivity index is 2.18. The van der Waals surface area contributed by atoms with E-state index in [1.54, 1.807) is 4.90 Å². The van der Waals surface area contributed by atoms with Crippen LogP contribution in [0, 0.1) is 13.8 Å². The maximum atomic E-state index is 13.0. The highest BCUT2D eigenvalue weighted by atomic mass is 16.5. The molecule has 0 bridgehead atoms. The van der Waals surface area contributed by atoms with Crippen molar-refractivity contribution in [3.63, 3.8) is 0 Å². The fraction of sp³-hybridized carbons (Fsp3) is 0.391. The van der Waals surface area contributed by atoms with Crippen LogP contribution in [0.15, 0.2) is 48.5 Å². The monoisotopic (exact) mass is 382 g/mol. The summed E-state index contributed by atoms with van der Waals surface area (Å²) in [6, 6.07) is 15.0. The number of nitrogens with one attached hydrogen (secondary N) is 1. The van der Waals surface area contributed by atoms with Gasteiger partial charge in [0.15, 0.2) is 6.61 Å². The third kappa shape index (κ3) is 6.12. The highest BCUT2D eigenvalue weighted by Crippen LogP contribution is 2.17. The fourth-order valence-electron chi connectivity index (χ4n) is 3.24. The van der Waals surface area contributed by atoms with Gasteiger partial charge in [0, 0.05) is 13.1 Å². The highest BCUT2D eigenvalue weighted by molar-refractivity contribution is 5.88. The van der Waals surface area contributed by atoms with Gasteiger partial charge in [-0.1, -0.05) is 43.3 Å². The SMILES string of the molecule is CCNC(=O)[C@H](CC)N(Cc1ccccc1)C(=O)COc1cc(C)cc(C)c1. The van der Waals surface area contributed by atoms with E-state index in [0.29, 0.717) is 25.3 Å². The van der Waals surface area contributed by atoms with Gasteiger partial charge in [-0.2, -0.15) is 0 Å². The van der Waals surface area contributed by atoms with Crippen molar-refractivity contribution in [2.45, 2.75) is 46.7 Å². The normalized spacial score (nSPS) is 11.6. The summed E-state index contributed by atoms with van der Waals surface area (Å²) < 4.78 is 5.76. The number of likely N-dealkylation sites (N-methyl/N-ethyl adjacent to an activating group) is 1. The number of nitrogens with zero attached hydrogens (tertiary/aromatic N) is 1. The van der Waals surface area contributed by atoms with Gasteiger partial charge in [-0.15, -0.1) is 0 Å². The van der Waals surface area contributed by atoms with Gasteiger partial charge in [0.2, 0.25) is 5.91 Å². The van der Waals surface area contributed by atoms with Crippen molar-refractivity contribution in [2.24, 2.45) is 0 Å². The van der Waals surface area contributed by atoms with Gasteiger partial charge in [0.05, 0.1) is 0 Å². The molecule has 2 amide bonds. The van der Waals surface area contributed by atoms with Crippen LogP contribution in [-0.2, 0) is 16.1 Å². The predicted molar refractivity (Wildman–Crippen MR) is 111 cm³/mol. The minimum Gasteiger partial charge on any atom is -0.484 e. The molecule has 0 unspecified atom stereocenters. The lowest BCUT2D eigenvalue weighted by atomic mass is 10.1. The lowest BCUT2D eigenvalue weighted by Gasteiger charge is -2.30. The Morgan fingerprint density at radius 2 is 1.68 bits per heavy atom. The summed E-state index contributed by atoms with van der Waals surface area (Å²) in [6.07, 6.45) is 0.536. The van der Waals surface area contributed by atoms with E-state index in [-0.39, 0.29) is 18.4 Å². The lowest BCUT2D eigenvalue weighted by molar-refractivity contribution is -0.142. The first-order valence-corrected chi connectivity index (χ1v) is 9.76. The number of amides is 2. The minimum atomic E-state index is -0.532. The van der Waals surface area contributed by atoms with Gasteiger partial charge in [0.25, 0.3) is 5.91 Å². The van der Waals surface area contributed by atoms with Crippen LogP contribution >= 0.6 is 0 Å². The van der Waals surface area contributed by atoms with Crippen molar-refractivity contribution in [3.05, 3.63) is 65.2 Å². The first-order valence-electron chi connectivity index (χ1n) is 9.76. The Hall–Kier alpha value is -2.82. The molecule has 2 rings (SSSR count). The van der Waals surface area contributed by atoms with Crippen LogP contribution < -0.4 is 10.1 Å². The van der Waals surface area contributed by atoms with Crippen LogP contribution in [0.4, 0.5) is 0 Å². The third-order valence-corrected chi connectivity index (χ3v) is 4.49. The summed E-state index contributed by atoms with van der Waals surface area (Å²) in [6.45, 7) is 8.56. The molecule has 0 aliphatic rings. The summed E-state index contributed by atoms with van der Waals surface area (Å²) in [5.41, 5.74) is 3.14. The Bertz CT molecular complexity index is 769. The first-order chi connectivity index (χ1) is 13.4. The summed E-state index contributed by atoms with van der Waals surface area (Å²) >= 11 is 0. The van der Waals surface area contributed by atoms with Crippen LogP contribution in [-0.4, -0.2) is 35.9 Å². The van der Waals surface area contributed by atoms with E-state index in [1.165, 1.54) is 0 Å². The topological polar surface area (TPSA) is 58.6 Å². The molecular weight excluding hydrogens is 352 g/mol. The molecule has 0 spiro atoms. The van der Waals surface area contributed by atoms with Gasteiger partial charge in [-0.3, -0.25) is 9.59 Å². The van der Waals surface area contributed by atoms with E-state index < -0.39 is 6.04 Å². The maximum Gasteiger partial charge on any atom is 0.261 e. The molecule has 2 aromatic carbocycles. The number of hydrogen-bond acceptors (Lipinski definition) is 3. The van der Waals surface area contributed by atoms with E-state index in [0.717, 1.165) is 16.7 Å². The Morgan fingerprint density at radius 3 is 2.25 bits per heavy atom. The van der Waals surface area contributed by atoms with E-state index >= 15 is 0 Å². The van der Waals surface area contributed by atoms with Crippen molar-refractivity contribution in [1.29, 1.82) is 0 Å². The third-order valence-electron chi connectivity index (χ3n) is 4.49. The molecule has 0 saturated heterocycles. The second kappa shape index (κ2) is 10.5. The molecule has 0 aromatic heterocycles. The standard InChI is InChI=1S/C23H30N2O3/c1-5-21(23(27)24-6-2)25(15-19-10-8-7-9-11-19)22(26)16-28-20-13-17(3)12-18(4)14-20/h7-14,21H,5-6,15-16H2,1-4H3,(H,24,27)/t21-/m0/s1. The zero-order valence-corrected chi connectivity index (χ0v) is 17.2. The second-order valence-corrected chi connectivity index (χ2v) is 6.94. The quantitative estimate of drug-likeness (QED) is 0.721. The molecule has 150 valence electrons. The number of hydrogen-bond donors (Lipinski definition) is 1. The van der Waals surface area contributed by atoms with Gasteiger partial charge in [0.1, 0.15) is 11.8 Å². The lowest BCUT2D eigenvalue weighted by Crippen LogP contribution is -2.50. The molecule has 0 aliphatic carbocycles. The molecule has 0 heterocycles. The average molecular weight is 383 g/mol. The van der Waals surface area contributed by atoms with E-state index in [1.807, 2.05) is 70.2 Å². The molecule has 0 fully saturated rings. The summed E-state index contributed by atoms with van der Waals surface area (Å²) in [7, 11) is 0. The average Bonchev–Trinajstić information content (AvgIpc) is 2.66. The number of rotatable bonds is 9. The van der Waals surface area contributed by atoms with Crippen molar-refractivity contribution in [2.75, 3.05) is 13.2 Å². The number of carbonyl (C=O) groups excluding carboxylic acids is 2. The van der Waals surface area contributed by atoms with Gasteiger partial charge < -0.3 is 15.0 Å². The van der Waals surface area contributed by atoms with Gasteiger partial charge in [-0.05, 0) is 56.0 Å². The molecule has 1 atom stereocenters. The van der Waals surface area contributed by atoms with E-state index in [9.17, 15) is 9.59 Å². The molecule has 0 saturated carbocycles. The van der Waals surface area contributed by atoms with Crippen molar-refractivity contribution in [3.8, 4) is 5.75 Å². The number of carbonyl (C=O) groups is 2. The van der Waals surface area contributed by atoms with Crippen LogP contribution in [0.1, 0.15) is 37.0 Å². The van der Waals surface area contributed by atoms with Crippen LogP contribution in [0.5, 0.6) is 5.75 Å². The van der Waals surface area contributed by atoms with E-state index in [4.69, 9.17) is 4.74 Å². The molecule has 28 heavy (non-hydrogen) atoms. The molecule has 2 aromatic rings. The summed E-state index contributed by atoms with van der Waals surface area (Å²) in [4.78, 5) is 27.2. The minimum absolute atomic E-state index is 0.106. The molecular formula is C23H30N2O3. The highest BCUT2D eigenvalue weighted by Gasteiger charge is 2.28. The molecule has 0 radical (unpaired) electrons. The molecule has 5 heteroatoms. The van der Waals surface area contributed by atoms with Gasteiger partial charge >= 0.3 is 0 Å². The maximum absolute atomic E-state index is 13.0. The number of aryl methyl sites for hydroxylation is 2. The molecule has 0 aliphatic heterocycles. The predicted octanol–water partition coefficient (Wildman–Crippen LogP) is 3.63. The Kier molecular flexibility index (Phi) is 8.05. The van der Waals surface area contributed by atoms with Crippen LogP contribution in [0.3, 0.4) is 0 Å². The zero-order valence-electron chi connectivity index (χ0n) is 17.2. The zero-order chi connectivity index (χ0) is 20.5. The summed E-state index contributed by atoms with van der Waals surface area (Å²) in [5.74, 6) is 0.318. The van der Waals surface area contributed by atoms with Crippen molar-refractivity contribution in [1.82, 2.24) is 10.2 Å². The first kappa shape index (κ1) is 21.5. The summed E-state index contributed by atoms with van der Waals surface area (Å²) in [5, 5.41) is 2.83. The smallest absolute Gasteiger partial charge is 0.261 e. The molecule has 1 N–H and O–H groups in total. The Morgan fingerprint density at radius 1 is 1.04 bits per heavy atom. The fourth-order valence-corrected chi connectivity index (χ4v) is 3.24. The molecule has 5 nitrogen and oxygen atoms in total. The largest absolute Gasteiger partial charge is 0.484 e. The van der Waals surface area contributed by atoms with Crippen LogP contribution in [0.25, 0.3) is 0 Å². The van der Waals surface area contributed by atoms with Gasteiger partial charge in [-0.25, -0.2) is 0 Å². The van der Waals surface area contributed by atoms with Crippen molar-refractivity contribution < 1.29 is 14.3 Å². The number of benzene rings is 2. The van der Waals surface area contributed by atoms with Crippen molar-refractivity contribution >= 4 is 11.8 Å². The van der Waals surface area contributed by atoms with E-state index in [2.05, 4.69) is 11.4 Å². The van der Waals surface area contributed by atoms with Crippen LogP contribution in [0.2, 0.25) is 0 Å². The Labute approximate surface area is 167 Å². The number of ether oxygens (including phenoxy) is 1. The second-order valence-electron chi connectivity index (χ2n) is 6.94.